The predicted molar refractivity (Wildman–Crippen MR) is 100 cm³/mol. The molecule has 0 unspecified atom stereocenters. The van der Waals surface area contributed by atoms with Crippen LogP contribution < -0.4 is 31.2 Å². The van der Waals surface area contributed by atoms with Gasteiger partial charge in [-0.25, -0.2) is 4.79 Å². The number of nitrogens with two attached hydrogens (primary N) is 1. The van der Waals surface area contributed by atoms with E-state index in [1.54, 1.807) is 36.4 Å². The molecule has 142 valence electrons. The predicted octanol–water partition coefficient (Wildman–Crippen LogP) is 1.56. The van der Waals surface area contributed by atoms with Gasteiger partial charge < -0.3 is 31.2 Å². The first-order chi connectivity index (χ1) is 12.9. The summed E-state index contributed by atoms with van der Waals surface area (Å²) in [6, 6.07) is 10.4. The topological polar surface area (TPSA) is 132 Å². The van der Waals surface area contributed by atoms with Crippen molar-refractivity contribution in [2.24, 2.45) is 5.73 Å². The Hall–Kier alpha value is -3.75. The van der Waals surface area contributed by atoms with E-state index in [4.69, 9.17) is 15.2 Å². The van der Waals surface area contributed by atoms with Crippen LogP contribution in [0.5, 0.6) is 11.5 Å². The van der Waals surface area contributed by atoms with Gasteiger partial charge in [-0.05, 0) is 36.4 Å². The summed E-state index contributed by atoms with van der Waals surface area (Å²) in [5.74, 6) is 0.0416. The molecule has 0 aromatic heterocycles. The van der Waals surface area contributed by atoms with Gasteiger partial charge in [0, 0.05) is 16.9 Å². The zero-order chi connectivity index (χ0) is 19.8. The average molecular weight is 372 g/mol. The molecule has 2 aromatic rings. The van der Waals surface area contributed by atoms with Crippen LogP contribution in [0.2, 0.25) is 0 Å². The number of rotatable bonds is 7. The van der Waals surface area contributed by atoms with Gasteiger partial charge in [-0.3, -0.25) is 9.59 Å². The molecule has 0 spiro atoms. The van der Waals surface area contributed by atoms with Crippen LogP contribution in [-0.4, -0.2) is 38.6 Å². The Labute approximate surface area is 155 Å². The molecule has 0 atom stereocenters. The lowest BCUT2D eigenvalue weighted by Gasteiger charge is -2.11. The largest absolute Gasteiger partial charge is 0.493 e. The first kappa shape index (κ1) is 19.6. The van der Waals surface area contributed by atoms with Crippen LogP contribution in [0.15, 0.2) is 42.5 Å². The summed E-state index contributed by atoms with van der Waals surface area (Å²) in [6.07, 6.45) is 0. The van der Waals surface area contributed by atoms with E-state index in [9.17, 15) is 14.4 Å². The Bertz CT molecular complexity index is 853. The molecule has 9 heteroatoms. The van der Waals surface area contributed by atoms with Crippen molar-refractivity contribution in [2.75, 3.05) is 31.4 Å². The molecule has 0 heterocycles. The van der Waals surface area contributed by atoms with Crippen molar-refractivity contribution < 1.29 is 23.9 Å². The number of carbonyl (C=O) groups excluding carboxylic acids is 3. The van der Waals surface area contributed by atoms with Crippen molar-refractivity contribution in [1.29, 1.82) is 0 Å². The highest BCUT2D eigenvalue weighted by Crippen LogP contribution is 2.27. The van der Waals surface area contributed by atoms with E-state index in [1.165, 1.54) is 20.3 Å². The molecule has 0 aliphatic heterocycles. The quantitative estimate of drug-likeness (QED) is 0.586. The molecule has 0 radical (unpaired) electrons. The molecule has 0 aliphatic rings. The van der Waals surface area contributed by atoms with Crippen molar-refractivity contribution >= 4 is 29.2 Å². The second-order valence-electron chi connectivity index (χ2n) is 5.37. The lowest BCUT2D eigenvalue weighted by atomic mass is 10.2. The summed E-state index contributed by atoms with van der Waals surface area (Å²) in [5, 5.41) is 7.54. The number of carbonyl (C=O) groups is 3. The fraction of sp³-hybridized carbons (Fsp3) is 0.167. The zero-order valence-corrected chi connectivity index (χ0v) is 14.9. The van der Waals surface area contributed by atoms with Gasteiger partial charge in [0.05, 0.1) is 20.8 Å². The van der Waals surface area contributed by atoms with E-state index in [0.717, 1.165) is 0 Å². The Morgan fingerprint density at radius 3 is 2.22 bits per heavy atom. The number of methoxy groups -OCH3 is 2. The lowest BCUT2D eigenvalue weighted by molar-refractivity contribution is -0.115. The minimum absolute atomic E-state index is 0.235. The second-order valence-corrected chi connectivity index (χ2v) is 5.37. The van der Waals surface area contributed by atoms with Crippen molar-refractivity contribution in [3.63, 3.8) is 0 Å². The molecule has 2 aromatic carbocycles. The SMILES string of the molecule is COc1ccc(C(=O)NCC(=O)Nc2cccc(NC(N)=O)c2)cc1OC. The average Bonchev–Trinajstić information content (AvgIpc) is 2.65. The van der Waals surface area contributed by atoms with Gasteiger partial charge in [0.15, 0.2) is 11.5 Å². The van der Waals surface area contributed by atoms with E-state index >= 15 is 0 Å². The number of amides is 4. The van der Waals surface area contributed by atoms with Crippen LogP contribution in [0.3, 0.4) is 0 Å². The highest BCUT2D eigenvalue weighted by atomic mass is 16.5. The highest BCUT2D eigenvalue weighted by Gasteiger charge is 2.12. The van der Waals surface area contributed by atoms with Crippen LogP contribution in [0.25, 0.3) is 0 Å². The first-order valence-electron chi connectivity index (χ1n) is 7.89. The molecule has 0 bridgehead atoms. The molecular weight excluding hydrogens is 352 g/mol. The van der Waals surface area contributed by atoms with E-state index in [0.29, 0.717) is 28.4 Å². The van der Waals surface area contributed by atoms with E-state index in [-0.39, 0.29) is 6.54 Å². The van der Waals surface area contributed by atoms with Gasteiger partial charge in [-0.15, -0.1) is 0 Å². The normalized spacial score (nSPS) is 9.85. The van der Waals surface area contributed by atoms with Crippen LogP contribution in [0.1, 0.15) is 10.4 Å². The Balaban J connectivity index is 1.93. The zero-order valence-electron chi connectivity index (χ0n) is 14.9. The number of hydrogen-bond acceptors (Lipinski definition) is 5. The van der Waals surface area contributed by atoms with Gasteiger partial charge in [0.2, 0.25) is 5.91 Å². The smallest absolute Gasteiger partial charge is 0.316 e. The lowest BCUT2D eigenvalue weighted by Crippen LogP contribution is -2.32. The molecule has 9 nitrogen and oxygen atoms in total. The first-order valence-corrected chi connectivity index (χ1v) is 7.89. The van der Waals surface area contributed by atoms with Crippen molar-refractivity contribution in [3.8, 4) is 11.5 Å². The highest BCUT2D eigenvalue weighted by molar-refractivity contribution is 6.00. The number of anilines is 2. The molecule has 0 saturated carbocycles. The Kier molecular flexibility index (Phi) is 6.59. The van der Waals surface area contributed by atoms with Crippen molar-refractivity contribution in [1.82, 2.24) is 5.32 Å². The van der Waals surface area contributed by atoms with Crippen LogP contribution in [0, 0.1) is 0 Å². The summed E-state index contributed by atoms with van der Waals surface area (Å²) in [6.45, 7) is -0.235. The third kappa shape index (κ3) is 5.63. The monoisotopic (exact) mass is 372 g/mol. The number of nitrogens with one attached hydrogen (secondary N) is 3. The van der Waals surface area contributed by atoms with E-state index < -0.39 is 17.8 Å². The van der Waals surface area contributed by atoms with E-state index in [2.05, 4.69) is 16.0 Å². The number of urea groups is 1. The Morgan fingerprint density at radius 1 is 0.926 bits per heavy atom. The summed E-state index contributed by atoms with van der Waals surface area (Å²) >= 11 is 0. The summed E-state index contributed by atoms with van der Waals surface area (Å²) in [5.41, 5.74) is 6.27. The number of primary amides is 1. The fourth-order valence-corrected chi connectivity index (χ4v) is 2.26. The van der Waals surface area contributed by atoms with Crippen molar-refractivity contribution in [2.45, 2.75) is 0 Å². The third-order valence-electron chi connectivity index (χ3n) is 3.47. The van der Waals surface area contributed by atoms with Crippen LogP contribution >= 0.6 is 0 Å². The number of ether oxygens (including phenoxy) is 2. The molecule has 4 amide bonds. The molecule has 2 rings (SSSR count). The Morgan fingerprint density at radius 2 is 1.59 bits per heavy atom. The summed E-state index contributed by atoms with van der Waals surface area (Å²) in [4.78, 5) is 35.1. The fourth-order valence-electron chi connectivity index (χ4n) is 2.26. The standard InChI is InChI=1S/C18H20N4O5/c1-26-14-7-6-11(8-15(14)27-2)17(24)20-10-16(23)21-12-4-3-5-13(9-12)22-18(19)25/h3-9H,10H2,1-2H3,(H,20,24)(H,21,23)(H3,19,22,25). The molecule has 0 saturated heterocycles. The molecule has 5 N–H and O–H groups in total. The number of hydrogen-bond donors (Lipinski definition) is 4. The van der Waals surface area contributed by atoms with Gasteiger partial charge in [0.1, 0.15) is 0 Å². The van der Waals surface area contributed by atoms with Gasteiger partial charge in [0.25, 0.3) is 5.91 Å². The maximum Gasteiger partial charge on any atom is 0.316 e. The number of benzene rings is 2. The maximum atomic E-state index is 12.2. The summed E-state index contributed by atoms with van der Waals surface area (Å²) in [7, 11) is 2.96. The second kappa shape index (κ2) is 9.09. The minimum atomic E-state index is -0.708. The summed E-state index contributed by atoms with van der Waals surface area (Å²) < 4.78 is 10.3. The van der Waals surface area contributed by atoms with Crippen LogP contribution in [-0.2, 0) is 4.79 Å². The molecular formula is C18H20N4O5. The van der Waals surface area contributed by atoms with E-state index in [1.807, 2.05) is 0 Å². The molecule has 0 aliphatic carbocycles. The molecule has 0 fully saturated rings. The minimum Gasteiger partial charge on any atom is -0.493 e. The van der Waals surface area contributed by atoms with Gasteiger partial charge in [-0.2, -0.15) is 0 Å². The van der Waals surface area contributed by atoms with Crippen molar-refractivity contribution in [3.05, 3.63) is 48.0 Å². The molecule has 27 heavy (non-hydrogen) atoms. The maximum absolute atomic E-state index is 12.2. The van der Waals surface area contributed by atoms with Crippen LogP contribution in [0.4, 0.5) is 16.2 Å². The van der Waals surface area contributed by atoms with Gasteiger partial charge in [-0.1, -0.05) is 6.07 Å². The van der Waals surface area contributed by atoms with Gasteiger partial charge >= 0.3 is 6.03 Å². The third-order valence-corrected chi connectivity index (χ3v) is 3.47.